The van der Waals surface area contributed by atoms with E-state index < -0.39 is 0 Å². The van der Waals surface area contributed by atoms with E-state index in [1.165, 1.54) is 10.9 Å². The fourth-order valence-electron chi connectivity index (χ4n) is 3.16. The highest BCUT2D eigenvalue weighted by Gasteiger charge is 2.24. The van der Waals surface area contributed by atoms with E-state index in [0.29, 0.717) is 12.0 Å². The molecule has 3 heteroatoms. The predicted molar refractivity (Wildman–Crippen MR) is 81.8 cm³/mol. The second-order valence-corrected chi connectivity index (χ2v) is 5.62. The third kappa shape index (κ3) is 2.69. The van der Waals surface area contributed by atoms with Crippen LogP contribution in [-0.4, -0.2) is 25.2 Å². The fraction of sp³-hybridized carbons (Fsp3) is 0.471. The first-order valence-electron chi connectivity index (χ1n) is 7.40. The molecule has 0 radical (unpaired) electrons. The lowest BCUT2D eigenvalue weighted by Crippen LogP contribution is -2.29. The Hall–Kier alpha value is -1.45. The molecule has 2 heterocycles. The summed E-state index contributed by atoms with van der Waals surface area (Å²) < 4.78 is 5.48. The third-order valence-electron chi connectivity index (χ3n) is 4.26. The Kier molecular flexibility index (Phi) is 3.99. The van der Waals surface area contributed by atoms with Gasteiger partial charge in [0, 0.05) is 30.3 Å². The molecular formula is C17H22N2O. The molecule has 0 saturated carbocycles. The minimum atomic E-state index is 0.407. The summed E-state index contributed by atoms with van der Waals surface area (Å²) in [4.78, 5) is 4.57. The SMILES string of the molecule is CNC(c1ccc2nc(C)ccc2c1)C1CCOCC1. The van der Waals surface area contributed by atoms with Crippen molar-refractivity contribution < 1.29 is 4.74 Å². The fourth-order valence-corrected chi connectivity index (χ4v) is 3.16. The van der Waals surface area contributed by atoms with Gasteiger partial charge in [0.15, 0.2) is 0 Å². The standard InChI is InChI=1S/C17H22N2O/c1-12-3-4-14-11-15(5-6-16(14)19-12)17(18-2)13-7-9-20-10-8-13/h3-6,11,13,17-18H,7-10H2,1-2H3. The molecule has 0 bridgehead atoms. The zero-order valence-electron chi connectivity index (χ0n) is 12.2. The second kappa shape index (κ2) is 5.90. The third-order valence-corrected chi connectivity index (χ3v) is 4.26. The molecule has 1 atom stereocenters. The molecule has 1 unspecified atom stereocenters. The van der Waals surface area contributed by atoms with E-state index in [-0.39, 0.29) is 0 Å². The van der Waals surface area contributed by atoms with Crippen LogP contribution < -0.4 is 5.32 Å². The smallest absolute Gasteiger partial charge is 0.0705 e. The largest absolute Gasteiger partial charge is 0.381 e. The Labute approximate surface area is 120 Å². The van der Waals surface area contributed by atoms with Crippen LogP contribution in [0, 0.1) is 12.8 Å². The van der Waals surface area contributed by atoms with Gasteiger partial charge in [-0.2, -0.15) is 0 Å². The summed E-state index contributed by atoms with van der Waals surface area (Å²) in [5.74, 6) is 0.657. The molecule has 0 spiro atoms. The molecule has 0 aliphatic carbocycles. The van der Waals surface area contributed by atoms with Crippen LogP contribution in [0.1, 0.15) is 30.1 Å². The van der Waals surface area contributed by atoms with Gasteiger partial charge in [0.2, 0.25) is 0 Å². The molecule has 1 saturated heterocycles. The predicted octanol–water partition coefficient (Wildman–Crippen LogP) is 3.23. The van der Waals surface area contributed by atoms with E-state index in [1.807, 2.05) is 6.92 Å². The van der Waals surface area contributed by atoms with Crippen molar-refractivity contribution in [3.63, 3.8) is 0 Å². The highest BCUT2D eigenvalue weighted by atomic mass is 16.5. The van der Waals surface area contributed by atoms with Gasteiger partial charge in [-0.3, -0.25) is 4.98 Å². The lowest BCUT2D eigenvalue weighted by atomic mass is 9.87. The molecule has 20 heavy (non-hydrogen) atoms. The van der Waals surface area contributed by atoms with Crippen molar-refractivity contribution in [2.75, 3.05) is 20.3 Å². The van der Waals surface area contributed by atoms with Crippen LogP contribution in [0.3, 0.4) is 0 Å². The maximum Gasteiger partial charge on any atom is 0.0705 e. The number of nitrogens with zero attached hydrogens (tertiary/aromatic N) is 1. The van der Waals surface area contributed by atoms with E-state index in [4.69, 9.17) is 4.74 Å². The summed E-state index contributed by atoms with van der Waals surface area (Å²) in [5.41, 5.74) is 3.51. The molecule has 1 aromatic carbocycles. The normalized spacial score (nSPS) is 18.3. The Bertz CT molecular complexity index is 591. The average molecular weight is 270 g/mol. The number of fused-ring (bicyclic) bond motifs is 1. The van der Waals surface area contributed by atoms with Crippen molar-refractivity contribution in [2.24, 2.45) is 5.92 Å². The lowest BCUT2D eigenvalue weighted by molar-refractivity contribution is 0.0546. The molecule has 3 nitrogen and oxygen atoms in total. The van der Waals surface area contributed by atoms with Gasteiger partial charge in [0.25, 0.3) is 0 Å². The summed E-state index contributed by atoms with van der Waals surface area (Å²) >= 11 is 0. The Morgan fingerprint density at radius 2 is 2.00 bits per heavy atom. The van der Waals surface area contributed by atoms with Crippen LogP contribution in [0.4, 0.5) is 0 Å². The quantitative estimate of drug-likeness (QED) is 0.929. The maximum atomic E-state index is 5.48. The lowest BCUT2D eigenvalue weighted by Gasteiger charge is -2.30. The Balaban J connectivity index is 1.92. The van der Waals surface area contributed by atoms with Gasteiger partial charge in [-0.25, -0.2) is 0 Å². The summed E-state index contributed by atoms with van der Waals surface area (Å²) in [6.45, 7) is 3.81. The van der Waals surface area contributed by atoms with Gasteiger partial charge in [0.05, 0.1) is 5.52 Å². The Morgan fingerprint density at radius 3 is 2.75 bits per heavy atom. The molecule has 1 aliphatic rings. The monoisotopic (exact) mass is 270 g/mol. The van der Waals surface area contributed by atoms with E-state index >= 15 is 0 Å². The van der Waals surface area contributed by atoms with Gasteiger partial charge >= 0.3 is 0 Å². The van der Waals surface area contributed by atoms with Crippen LogP contribution in [-0.2, 0) is 4.74 Å². The van der Waals surface area contributed by atoms with Crippen LogP contribution in [0.5, 0.6) is 0 Å². The first-order valence-corrected chi connectivity index (χ1v) is 7.40. The van der Waals surface area contributed by atoms with E-state index in [1.54, 1.807) is 0 Å². The highest BCUT2D eigenvalue weighted by molar-refractivity contribution is 5.79. The Morgan fingerprint density at radius 1 is 1.20 bits per heavy atom. The molecule has 1 aromatic heterocycles. The van der Waals surface area contributed by atoms with Crippen molar-refractivity contribution in [3.8, 4) is 0 Å². The van der Waals surface area contributed by atoms with Gasteiger partial charge < -0.3 is 10.1 Å². The van der Waals surface area contributed by atoms with Crippen molar-refractivity contribution >= 4 is 10.9 Å². The van der Waals surface area contributed by atoms with Crippen LogP contribution in [0.15, 0.2) is 30.3 Å². The van der Waals surface area contributed by atoms with Crippen molar-refractivity contribution in [1.29, 1.82) is 0 Å². The van der Waals surface area contributed by atoms with Gasteiger partial charge in [-0.1, -0.05) is 12.1 Å². The number of pyridine rings is 1. The maximum absolute atomic E-state index is 5.48. The van der Waals surface area contributed by atoms with Gasteiger partial charge in [0.1, 0.15) is 0 Å². The van der Waals surface area contributed by atoms with Crippen LogP contribution in [0.2, 0.25) is 0 Å². The number of hydrogen-bond donors (Lipinski definition) is 1. The van der Waals surface area contributed by atoms with Gasteiger partial charge in [-0.15, -0.1) is 0 Å². The summed E-state index contributed by atoms with van der Waals surface area (Å²) in [5, 5.41) is 4.71. The number of aryl methyl sites for hydroxylation is 1. The van der Waals surface area contributed by atoms with Crippen molar-refractivity contribution in [1.82, 2.24) is 10.3 Å². The molecule has 0 amide bonds. The van der Waals surface area contributed by atoms with E-state index in [0.717, 1.165) is 37.3 Å². The molecule has 3 rings (SSSR count). The molecule has 1 N–H and O–H groups in total. The molecule has 1 fully saturated rings. The molecule has 106 valence electrons. The summed E-state index contributed by atoms with van der Waals surface area (Å²) in [7, 11) is 2.05. The van der Waals surface area contributed by atoms with E-state index in [9.17, 15) is 0 Å². The summed E-state index contributed by atoms with van der Waals surface area (Å²) in [6, 6.07) is 11.3. The number of hydrogen-bond acceptors (Lipinski definition) is 3. The number of aromatic nitrogens is 1. The first-order chi connectivity index (χ1) is 9.78. The zero-order chi connectivity index (χ0) is 13.9. The highest BCUT2D eigenvalue weighted by Crippen LogP contribution is 2.31. The number of benzene rings is 1. The number of rotatable bonds is 3. The molecular weight excluding hydrogens is 248 g/mol. The minimum Gasteiger partial charge on any atom is -0.381 e. The number of ether oxygens (including phenoxy) is 1. The van der Waals surface area contributed by atoms with Crippen molar-refractivity contribution in [3.05, 3.63) is 41.6 Å². The minimum absolute atomic E-state index is 0.407. The van der Waals surface area contributed by atoms with E-state index in [2.05, 4.69) is 47.7 Å². The molecule has 2 aromatic rings. The second-order valence-electron chi connectivity index (χ2n) is 5.62. The number of nitrogens with one attached hydrogen (secondary N) is 1. The first kappa shape index (κ1) is 13.5. The van der Waals surface area contributed by atoms with Gasteiger partial charge in [-0.05, 0) is 56.5 Å². The topological polar surface area (TPSA) is 34.2 Å². The average Bonchev–Trinajstić information content (AvgIpc) is 2.49. The summed E-state index contributed by atoms with van der Waals surface area (Å²) in [6.07, 6.45) is 2.27. The van der Waals surface area contributed by atoms with Crippen LogP contribution in [0.25, 0.3) is 10.9 Å². The van der Waals surface area contributed by atoms with Crippen LogP contribution >= 0.6 is 0 Å². The molecule has 1 aliphatic heterocycles. The zero-order valence-corrected chi connectivity index (χ0v) is 12.2. The van der Waals surface area contributed by atoms with Crippen molar-refractivity contribution in [2.45, 2.75) is 25.8 Å².